The summed E-state index contributed by atoms with van der Waals surface area (Å²) in [4.78, 5) is 23.2. The number of benzene rings is 1. The van der Waals surface area contributed by atoms with Crippen molar-refractivity contribution in [3.05, 3.63) is 66.5 Å². The highest BCUT2D eigenvalue weighted by atomic mass is 16.4. The molecule has 0 amide bonds. The van der Waals surface area contributed by atoms with E-state index in [1.54, 1.807) is 0 Å². The van der Waals surface area contributed by atoms with Crippen LogP contribution in [0.15, 0.2) is 60.9 Å². The number of hydrogen-bond donors (Lipinski definition) is 3. The molecule has 2 aromatic rings. The summed E-state index contributed by atoms with van der Waals surface area (Å²) >= 11 is 0. The molecule has 0 aliphatic heterocycles. The van der Waals surface area contributed by atoms with Crippen LogP contribution in [0.2, 0.25) is 0 Å². The summed E-state index contributed by atoms with van der Waals surface area (Å²) in [6.07, 6.45) is 4.78. The van der Waals surface area contributed by atoms with Crippen molar-refractivity contribution < 1.29 is 19.8 Å². The lowest BCUT2D eigenvalue weighted by molar-refractivity contribution is -0.134. The van der Waals surface area contributed by atoms with Crippen LogP contribution in [0.5, 0.6) is 0 Å². The molecule has 3 N–H and O–H groups in total. The maximum atomic E-state index is 9.55. The molecule has 1 aromatic heterocycles. The smallest absolute Gasteiger partial charge is 0.328 e. The number of carboxylic acids is 2. The summed E-state index contributed by atoms with van der Waals surface area (Å²) < 4.78 is 0. The van der Waals surface area contributed by atoms with Crippen molar-refractivity contribution in [1.82, 2.24) is 10.3 Å². The first-order valence-corrected chi connectivity index (χ1v) is 7.37. The average Bonchev–Trinajstić information content (AvgIpc) is 2.60. The molecule has 2 rings (SSSR count). The van der Waals surface area contributed by atoms with Crippen molar-refractivity contribution in [1.29, 1.82) is 0 Å². The van der Waals surface area contributed by atoms with Gasteiger partial charge in [-0.1, -0.05) is 31.2 Å². The first-order valence-electron chi connectivity index (χ1n) is 7.37. The quantitative estimate of drug-likeness (QED) is 0.705. The molecule has 0 saturated heterocycles. The van der Waals surface area contributed by atoms with Crippen molar-refractivity contribution in [2.75, 3.05) is 6.54 Å². The van der Waals surface area contributed by atoms with Crippen LogP contribution in [0.3, 0.4) is 0 Å². The third-order valence-electron chi connectivity index (χ3n) is 2.94. The summed E-state index contributed by atoms with van der Waals surface area (Å²) in [5, 5.41) is 19.0. The van der Waals surface area contributed by atoms with E-state index in [1.165, 1.54) is 16.7 Å². The Morgan fingerprint density at radius 2 is 1.62 bits per heavy atom. The Labute approximate surface area is 140 Å². The van der Waals surface area contributed by atoms with Crippen LogP contribution < -0.4 is 5.32 Å². The van der Waals surface area contributed by atoms with E-state index in [-0.39, 0.29) is 0 Å². The monoisotopic (exact) mass is 328 g/mol. The second-order valence-corrected chi connectivity index (χ2v) is 4.68. The van der Waals surface area contributed by atoms with Crippen LogP contribution in [-0.2, 0) is 16.1 Å². The van der Waals surface area contributed by atoms with Gasteiger partial charge >= 0.3 is 11.9 Å². The molecule has 0 saturated carbocycles. The maximum Gasteiger partial charge on any atom is 0.328 e. The normalized spacial score (nSPS) is 10.0. The number of hydrogen-bond acceptors (Lipinski definition) is 4. The Morgan fingerprint density at radius 1 is 1.04 bits per heavy atom. The fourth-order valence-electron chi connectivity index (χ4n) is 1.89. The summed E-state index contributed by atoms with van der Waals surface area (Å²) in [6, 6.07) is 12.6. The number of carboxylic acid groups (broad SMARTS) is 2. The van der Waals surface area contributed by atoms with Gasteiger partial charge in [-0.05, 0) is 35.4 Å². The third-order valence-corrected chi connectivity index (χ3v) is 2.94. The highest BCUT2D eigenvalue weighted by Crippen LogP contribution is 2.22. The molecule has 0 unspecified atom stereocenters. The minimum Gasteiger partial charge on any atom is -0.478 e. The average molecular weight is 328 g/mol. The Bertz CT molecular complexity index is 668. The SMILES string of the molecule is CCNCc1ccccc1-c1ccncc1.O=C(O)/C=C/C(=O)O. The van der Waals surface area contributed by atoms with Crippen molar-refractivity contribution >= 4 is 11.9 Å². The Morgan fingerprint density at radius 3 is 2.17 bits per heavy atom. The van der Waals surface area contributed by atoms with Gasteiger partial charge in [0.15, 0.2) is 0 Å². The Kier molecular flexibility index (Phi) is 8.49. The van der Waals surface area contributed by atoms with Gasteiger partial charge in [-0.15, -0.1) is 0 Å². The molecule has 24 heavy (non-hydrogen) atoms. The van der Waals surface area contributed by atoms with E-state index >= 15 is 0 Å². The summed E-state index contributed by atoms with van der Waals surface area (Å²) in [7, 11) is 0. The van der Waals surface area contributed by atoms with Gasteiger partial charge in [-0.3, -0.25) is 4.98 Å². The van der Waals surface area contributed by atoms with Gasteiger partial charge in [0.2, 0.25) is 0 Å². The highest BCUT2D eigenvalue weighted by molar-refractivity contribution is 5.89. The molecule has 0 aliphatic carbocycles. The predicted octanol–water partition coefficient (Wildman–Crippen LogP) is 2.57. The molecule has 6 heteroatoms. The fourth-order valence-corrected chi connectivity index (χ4v) is 1.89. The molecule has 1 heterocycles. The molecular formula is C18H20N2O4. The van der Waals surface area contributed by atoms with Gasteiger partial charge in [-0.2, -0.15) is 0 Å². The number of nitrogens with zero attached hydrogens (tertiary/aromatic N) is 1. The lowest BCUT2D eigenvalue weighted by Gasteiger charge is -2.09. The van der Waals surface area contributed by atoms with Gasteiger partial charge in [0.05, 0.1) is 0 Å². The topological polar surface area (TPSA) is 99.5 Å². The molecule has 6 nitrogen and oxygen atoms in total. The van der Waals surface area contributed by atoms with Crippen molar-refractivity contribution in [2.45, 2.75) is 13.5 Å². The van der Waals surface area contributed by atoms with E-state index in [0.717, 1.165) is 13.1 Å². The number of aliphatic carboxylic acids is 2. The first kappa shape index (κ1) is 19.1. The van der Waals surface area contributed by atoms with E-state index in [4.69, 9.17) is 10.2 Å². The number of rotatable bonds is 6. The van der Waals surface area contributed by atoms with Crippen LogP contribution in [0, 0.1) is 0 Å². The van der Waals surface area contributed by atoms with E-state index in [0.29, 0.717) is 12.2 Å². The predicted molar refractivity (Wildman–Crippen MR) is 91.5 cm³/mol. The van der Waals surface area contributed by atoms with E-state index in [2.05, 4.69) is 41.5 Å². The molecule has 0 radical (unpaired) electrons. The lowest BCUT2D eigenvalue weighted by Crippen LogP contribution is -2.12. The van der Waals surface area contributed by atoms with Crippen molar-refractivity contribution in [3.8, 4) is 11.1 Å². The van der Waals surface area contributed by atoms with Crippen LogP contribution in [0.1, 0.15) is 12.5 Å². The number of pyridine rings is 1. The standard InChI is InChI=1S/C14H16N2.C4H4O4/c1-2-15-11-13-5-3-4-6-14(13)12-7-9-16-10-8-12;5-3(6)1-2-4(7)8/h3-10,15H,2,11H2,1H3;1-2H,(H,5,6)(H,7,8)/b;2-1+. The van der Waals surface area contributed by atoms with Crippen LogP contribution in [0.25, 0.3) is 11.1 Å². The first-order chi connectivity index (χ1) is 11.5. The largest absolute Gasteiger partial charge is 0.478 e. The summed E-state index contributed by atoms with van der Waals surface area (Å²) in [5.74, 6) is -2.51. The zero-order valence-electron chi connectivity index (χ0n) is 13.3. The number of carbonyl (C=O) groups is 2. The second-order valence-electron chi connectivity index (χ2n) is 4.68. The molecule has 0 spiro atoms. The second kappa shape index (κ2) is 10.7. The van der Waals surface area contributed by atoms with Crippen LogP contribution in [0.4, 0.5) is 0 Å². The van der Waals surface area contributed by atoms with E-state index in [9.17, 15) is 9.59 Å². The van der Waals surface area contributed by atoms with Gasteiger partial charge < -0.3 is 15.5 Å². The molecule has 0 fully saturated rings. The zero-order valence-corrected chi connectivity index (χ0v) is 13.3. The van der Waals surface area contributed by atoms with Crippen molar-refractivity contribution in [3.63, 3.8) is 0 Å². The minimum atomic E-state index is -1.26. The molecule has 0 atom stereocenters. The summed E-state index contributed by atoms with van der Waals surface area (Å²) in [5.41, 5.74) is 3.84. The minimum absolute atomic E-state index is 0.558. The van der Waals surface area contributed by atoms with Crippen LogP contribution in [-0.4, -0.2) is 33.7 Å². The Balaban J connectivity index is 0.000000307. The van der Waals surface area contributed by atoms with E-state index in [1.807, 2.05) is 24.5 Å². The molecule has 126 valence electrons. The van der Waals surface area contributed by atoms with E-state index < -0.39 is 11.9 Å². The van der Waals surface area contributed by atoms with Gasteiger partial charge in [0.25, 0.3) is 0 Å². The fraction of sp³-hybridized carbons (Fsp3) is 0.167. The van der Waals surface area contributed by atoms with Gasteiger partial charge in [-0.25, -0.2) is 9.59 Å². The molecule has 0 bridgehead atoms. The molecule has 0 aliphatic rings. The number of nitrogens with one attached hydrogen (secondary N) is 1. The van der Waals surface area contributed by atoms with Crippen LogP contribution >= 0.6 is 0 Å². The highest BCUT2D eigenvalue weighted by Gasteiger charge is 2.02. The van der Waals surface area contributed by atoms with Crippen molar-refractivity contribution in [2.24, 2.45) is 0 Å². The number of aromatic nitrogens is 1. The lowest BCUT2D eigenvalue weighted by atomic mass is 10.0. The third kappa shape index (κ3) is 7.33. The Hall–Kier alpha value is -2.99. The molecular weight excluding hydrogens is 308 g/mol. The van der Waals surface area contributed by atoms with Gasteiger partial charge in [0.1, 0.15) is 0 Å². The zero-order chi connectivity index (χ0) is 17.8. The maximum absolute atomic E-state index is 9.55. The molecule has 1 aromatic carbocycles. The van der Waals surface area contributed by atoms with Gasteiger partial charge in [0, 0.05) is 31.1 Å². The summed E-state index contributed by atoms with van der Waals surface area (Å²) in [6.45, 7) is 4.02.